The van der Waals surface area contributed by atoms with Crippen molar-refractivity contribution < 1.29 is 0 Å². The summed E-state index contributed by atoms with van der Waals surface area (Å²) >= 11 is 0. The average molecular weight is 170 g/mol. The molecule has 0 amide bonds. The molecule has 0 spiro atoms. The number of hydrogen-bond acceptors (Lipinski definition) is 4. The summed E-state index contributed by atoms with van der Waals surface area (Å²) in [7, 11) is 0. The Morgan fingerprint density at radius 2 is 2.25 bits per heavy atom. The van der Waals surface area contributed by atoms with E-state index in [-0.39, 0.29) is 6.04 Å². The first-order valence-corrected chi connectivity index (χ1v) is 4.39. The van der Waals surface area contributed by atoms with Gasteiger partial charge < -0.3 is 16.6 Å². The van der Waals surface area contributed by atoms with Crippen LogP contribution in [0.5, 0.6) is 0 Å². The molecule has 1 aliphatic rings. The van der Waals surface area contributed by atoms with Crippen LogP contribution in [0.1, 0.15) is 26.7 Å². The van der Waals surface area contributed by atoms with Gasteiger partial charge in [-0.3, -0.25) is 0 Å². The van der Waals surface area contributed by atoms with E-state index in [1.807, 2.05) is 6.20 Å². The van der Waals surface area contributed by atoms with Gasteiger partial charge in [0.1, 0.15) is 0 Å². The third-order valence-electron chi connectivity index (χ3n) is 1.80. The van der Waals surface area contributed by atoms with E-state index in [1.165, 1.54) is 0 Å². The van der Waals surface area contributed by atoms with Crippen LogP contribution >= 0.6 is 0 Å². The molecule has 0 saturated heterocycles. The third-order valence-corrected chi connectivity index (χ3v) is 1.80. The Bertz CT molecular complexity index is 164. The Hall–Kier alpha value is -0.740. The molecule has 4 nitrogen and oxygen atoms in total. The fraction of sp³-hybridized carbons (Fsp3) is 0.750. The lowest BCUT2D eigenvalue weighted by Crippen LogP contribution is -2.33. The summed E-state index contributed by atoms with van der Waals surface area (Å²) in [5.41, 5.74) is 15.7. The predicted molar refractivity (Wildman–Crippen MR) is 49.5 cm³/mol. The minimum Gasteiger partial charge on any atom is -0.327 e. The minimum atomic E-state index is 0.255. The highest BCUT2D eigenvalue weighted by Crippen LogP contribution is 2.09. The number of nitrogens with two attached hydrogens (primary N) is 1. The van der Waals surface area contributed by atoms with E-state index in [9.17, 15) is 0 Å². The number of nitrogens with one attached hydrogen (secondary N) is 3. The van der Waals surface area contributed by atoms with Crippen LogP contribution in [0.15, 0.2) is 11.9 Å². The maximum atomic E-state index is 5.92. The number of rotatable bonds is 4. The Morgan fingerprint density at radius 1 is 1.50 bits per heavy atom. The molecule has 1 unspecified atom stereocenters. The quantitative estimate of drug-likeness (QED) is 0.487. The Morgan fingerprint density at radius 3 is 2.75 bits per heavy atom. The van der Waals surface area contributed by atoms with Gasteiger partial charge in [-0.25, -0.2) is 0 Å². The molecule has 1 atom stereocenters. The minimum absolute atomic E-state index is 0.255. The van der Waals surface area contributed by atoms with Gasteiger partial charge in [-0.1, -0.05) is 13.8 Å². The molecule has 0 aromatic carbocycles. The van der Waals surface area contributed by atoms with Crippen LogP contribution in [-0.4, -0.2) is 6.04 Å². The van der Waals surface area contributed by atoms with E-state index in [4.69, 9.17) is 5.73 Å². The van der Waals surface area contributed by atoms with Gasteiger partial charge in [0.15, 0.2) is 0 Å². The van der Waals surface area contributed by atoms with Gasteiger partial charge >= 0.3 is 0 Å². The molecule has 4 heteroatoms. The van der Waals surface area contributed by atoms with Gasteiger partial charge in [-0.2, -0.15) is 5.53 Å². The molecule has 0 aromatic heterocycles. The second-order valence-electron chi connectivity index (χ2n) is 3.66. The van der Waals surface area contributed by atoms with E-state index >= 15 is 0 Å². The monoisotopic (exact) mass is 170 g/mol. The first kappa shape index (κ1) is 9.35. The second-order valence-corrected chi connectivity index (χ2v) is 3.66. The van der Waals surface area contributed by atoms with Crippen LogP contribution in [0, 0.1) is 5.92 Å². The molecule has 70 valence electrons. The Balaban J connectivity index is 2.21. The van der Waals surface area contributed by atoms with Gasteiger partial charge in [-0.05, 0) is 12.3 Å². The highest BCUT2D eigenvalue weighted by Gasteiger charge is 2.09. The van der Waals surface area contributed by atoms with Gasteiger partial charge in [0.25, 0.3) is 0 Å². The normalized spacial score (nSPS) is 18.5. The van der Waals surface area contributed by atoms with E-state index in [2.05, 4.69) is 30.2 Å². The summed E-state index contributed by atoms with van der Waals surface area (Å²) < 4.78 is 0. The third kappa shape index (κ3) is 3.11. The number of hydrazine groups is 2. The standard InChI is InChI=1S/C8H18N4/c1-6(2)3-7(9)4-8-5-10-12-11-8/h5-7,10-12H,3-4,9H2,1-2H3. The molecule has 1 rings (SSSR count). The molecular weight excluding hydrogens is 152 g/mol. The zero-order chi connectivity index (χ0) is 8.97. The summed E-state index contributed by atoms with van der Waals surface area (Å²) in [6.07, 6.45) is 3.87. The zero-order valence-electron chi connectivity index (χ0n) is 7.72. The summed E-state index contributed by atoms with van der Waals surface area (Å²) in [6.45, 7) is 4.37. The lowest BCUT2D eigenvalue weighted by molar-refractivity contribution is 0.479. The van der Waals surface area contributed by atoms with Crippen molar-refractivity contribution in [1.29, 1.82) is 0 Å². The molecule has 1 aliphatic heterocycles. The van der Waals surface area contributed by atoms with Crippen molar-refractivity contribution in [3.63, 3.8) is 0 Å². The molecule has 5 N–H and O–H groups in total. The Kier molecular flexibility index (Phi) is 3.37. The van der Waals surface area contributed by atoms with Crippen LogP contribution in [0.4, 0.5) is 0 Å². The summed E-state index contributed by atoms with van der Waals surface area (Å²) in [5.74, 6) is 0.669. The van der Waals surface area contributed by atoms with Crippen LogP contribution in [-0.2, 0) is 0 Å². The van der Waals surface area contributed by atoms with Gasteiger partial charge in [0.2, 0.25) is 0 Å². The lowest BCUT2D eigenvalue weighted by Gasteiger charge is -2.13. The first-order chi connectivity index (χ1) is 5.68. The van der Waals surface area contributed by atoms with Crippen LogP contribution in [0.2, 0.25) is 0 Å². The second kappa shape index (κ2) is 4.33. The molecule has 0 radical (unpaired) electrons. The maximum Gasteiger partial charge on any atom is 0.0466 e. The van der Waals surface area contributed by atoms with Crippen molar-refractivity contribution in [2.45, 2.75) is 32.7 Å². The van der Waals surface area contributed by atoms with Crippen molar-refractivity contribution in [3.8, 4) is 0 Å². The smallest absolute Gasteiger partial charge is 0.0466 e. The van der Waals surface area contributed by atoms with Gasteiger partial charge in [0, 0.05) is 24.4 Å². The molecular formula is C8H18N4. The maximum absolute atomic E-state index is 5.92. The fourth-order valence-corrected chi connectivity index (χ4v) is 1.36. The van der Waals surface area contributed by atoms with E-state index in [0.717, 1.165) is 18.5 Å². The highest BCUT2D eigenvalue weighted by atomic mass is 15.6. The lowest BCUT2D eigenvalue weighted by atomic mass is 10.0. The summed E-state index contributed by atoms with van der Waals surface area (Å²) in [5, 5.41) is 0. The molecule has 0 aliphatic carbocycles. The fourth-order valence-electron chi connectivity index (χ4n) is 1.36. The number of hydrogen-bond donors (Lipinski definition) is 4. The molecule has 0 bridgehead atoms. The first-order valence-electron chi connectivity index (χ1n) is 4.39. The zero-order valence-corrected chi connectivity index (χ0v) is 7.72. The predicted octanol–water partition coefficient (Wildman–Crippen LogP) is 0.204. The van der Waals surface area contributed by atoms with Crippen molar-refractivity contribution in [3.05, 3.63) is 11.9 Å². The van der Waals surface area contributed by atoms with Crippen molar-refractivity contribution in [1.82, 2.24) is 16.4 Å². The van der Waals surface area contributed by atoms with Gasteiger partial charge in [-0.15, -0.1) is 0 Å². The molecule has 12 heavy (non-hydrogen) atoms. The average Bonchev–Trinajstić information content (AvgIpc) is 2.37. The van der Waals surface area contributed by atoms with Gasteiger partial charge in [0.05, 0.1) is 0 Å². The molecule has 1 heterocycles. The van der Waals surface area contributed by atoms with E-state index < -0.39 is 0 Å². The van der Waals surface area contributed by atoms with Crippen molar-refractivity contribution >= 4 is 0 Å². The topological polar surface area (TPSA) is 62.1 Å². The van der Waals surface area contributed by atoms with Crippen LogP contribution < -0.4 is 22.1 Å². The van der Waals surface area contributed by atoms with Crippen molar-refractivity contribution in [2.24, 2.45) is 11.7 Å². The SMILES string of the molecule is CC(C)CC(N)CC1=CNNN1. The van der Waals surface area contributed by atoms with Crippen LogP contribution in [0.3, 0.4) is 0 Å². The molecule has 0 fully saturated rings. The van der Waals surface area contributed by atoms with E-state index in [1.54, 1.807) is 0 Å². The summed E-state index contributed by atoms with van der Waals surface area (Å²) in [4.78, 5) is 0. The molecule has 0 aromatic rings. The summed E-state index contributed by atoms with van der Waals surface area (Å²) in [6, 6.07) is 0.255. The highest BCUT2D eigenvalue weighted by molar-refractivity contribution is 5.02. The molecule has 0 saturated carbocycles. The largest absolute Gasteiger partial charge is 0.327 e. The van der Waals surface area contributed by atoms with E-state index in [0.29, 0.717) is 5.92 Å². The van der Waals surface area contributed by atoms with Crippen LogP contribution in [0.25, 0.3) is 0 Å². The Labute approximate surface area is 73.5 Å². The van der Waals surface area contributed by atoms with Crippen molar-refractivity contribution in [2.75, 3.05) is 0 Å².